The highest BCUT2D eigenvalue weighted by molar-refractivity contribution is 5.93. The minimum atomic E-state index is -0.107. The molecule has 0 aliphatic rings. The molecule has 0 saturated heterocycles. The Morgan fingerprint density at radius 1 is 1.00 bits per heavy atom. The third kappa shape index (κ3) is 6.47. The number of rotatable bonds is 9. The van der Waals surface area contributed by atoms with Crippen LogP contribution in [0.1, 0.15) is 18.1 Å². The molecule has 5 nitrogen and oxygen atoms in total. The second-order valence-electron chi connectivity index (χ2n) is 5.77. The largest absolute Gasteiger partial charge is 0.491 e. The molecule has 0 fully saturated rings. The van der Waals surface area contributed by atoms with Gasteiger partial charge >= 0.3 is 0 Å². The lowest BCUT2D eigenvalue weighted by atomic mass is 10.1. The van der Waals surface area contributed by atoms with Crippen molar-refractivity contribution in [3.8, 4) is 5.75 Å². The van der Waals surface area contributed by atoms with Crippen LogP contribution in [0.2, 0.25) is 0 Å². The van der Waals surface area contributed by atoms with Gasteiger partial charge in [0.15, 0.2) is 0 Å². The van der Waals surface area contributed by atoms with Crippen molar-refractivity contribution in [3.05, 3.63) is 53.6 Å². The standard InChI is InChI=1S/C20H26N2O3/c1-4-24-10-11-25-19-7-5-6-18(13-19)22-20(23)14-21-17-9-8-15(2)16(3)12-17/h5-9,12-13,21H,4,10-11,14H2,1-3H3,(H,22,23). The van der Waals surface area contributed by atoms with E-state index in [0.29, 0.717) is 31.3 Å². The molecule has 2 N–H and O–H groups in total. The van der Waals surface area contributed by atoms with Gasteiger partial charge in [0.1, 0.15) is 12.4 Å². The van der Waals surface area contributed by atoms with E-state index in [0.717, 1.165) is 5.69 Å². The number of nitrogens with one attached hydrogen (secondary N) is 2. The number of ether oxygens (including phenoxy) is 2. The predicted molar refractivity (Wildman–Crippen MR) is 101 cm³/mol. The molecule has 0 radical (unpaired) electrons. The number of benzene rings is 2. The van der Waals surface area contributed by atoms with Crippen LogP contribution < -0.4 is 15.4 Å². The number of hydrogen-bond acceptors (Lipinski definition) is 4. The Kier molecular flexibility index (Phi) is 7.29. The first-order valence-corrected chi connectivity index (χ1v) is 8.50. The molecule has 0 bridgehead atoms. The molecule has 2 rings (SSSR count). The highest BCUT2D eigenvalue weighted by atomic mass is 16.5. The molecule has 0 atom stereocenters. The minimum Gasteiger partial charge on any atom is -0.491 e. The van der Waals surface area contributed by atoms with Gasteiger partial charge in [0.05, 0.1) is 13.2 Å². The number of aryl methyl sites for hydroxylation is 2. The molecule has 0 aliphatic carbocycles. The third-order valence-electron chi connectivity index (χ3n) is 3.78. The summed E-state index contributed by atoms with van der Waals surface area (Å²) >= 11 is 0. The summed E-state index contributed by atoms with van der Waals surface area (Å²) in [4.78, 5) is 12.1. The summed E-state index contributed by atoms with van der Waals surface area (Å²) in [7, 11) is 0. The number of carbonyl (C=O) groups excluding carboxylic acids is 1. The summed E-state index contributed by atoms with van der Waals surface area (Å²) in [6.07, 6.45) is 0. The van der Waals surface area contributed by atoms with Gasteiger partial charge in [-0.2, -0.15) is 0 Å². The van der Waals surface area contributed by atoms with Gasteiger partial charge in [-0.1, -0.05) is 12.1 Å². The predicted octanol–water partition coefficient (Wildman–Crippen LogP) is 3.77. The quantitative estimate of drug-likeness (QED) is 0.681. The lowest BCUT2D eigenvalue weighted by molar-refractivity contribution is -0.114. The van der Waals surface area contributed by atoms with E-state index in [9.17, 15) is 4.79 Å². The Bertz CT molecular complexity index is 701. The molecule has 0 unspecified atom stereocenters. The van der Waals surface area contributed by atoms with E-state index < -0.39 is 0 Å². The lowest BCUT2D eigenvalue weighted by Gasteiger charge is -2.11. The molecular weight excluding hydrogens is 316 g/mol. The second kappa shape index (κ2) is 9.69. The first-order valence-electron chi connectivity index (χ1n) is 8.50. The Balaban J connectivity index is 1.82. The molecule has 0 spiro atoms. The van der Waals surface area contributed by atoms with Crippen molar-refractivity contribution in [1.82, 2.24) is 0 Å². The van der Waals surface area contributed by atoms with Crippen LogP contribution in [0.25, 0.3) is 0 Å². The number of amides is 1. The number of hydrogen-bond donors (Lipinski definition) is 2. The minimum absolute atomic E-state index is 0.107. The first-order chi connectivity index (χ1) is 12.1. The van der Waals surface area contributed by atoms with E-state index in [4.69, 9.17) is 9.47 Å². The van der Waals surface area contributed by atoms with Crippen LogP contribution >= 0.6 is 0 Å². The summed E-state index contributed by atoms with van der Waals surface area (Å²) in [5, 5.41) is 6.00. The van der Waals surface area contributed by atoms with Crippen LogP contribution in [0.4, 0.5) is 11.4 Å². The van der Waals surface area contributed by atoms with Crippen molar-refractivity contribution < 1.29 is 14.3 Å². The zero-order valence-corrected chi connectivity index (χ0v) is 15.1. The van der Waals surface area contributed by atoms with E-state index in [1.54, 1.807) is 6.07 Å². The van der Waals surface area contributed by atoms with Crippen LogP contribution in [-0.4, -0.2) is 32.3 Å². The average molecular weight is 342 g/mol. The highest BCUT2D eigenvalue weighted by Crippen LogP contribution is 2.17. The smallest absolute Gasteiger partial charge is 0.243 e. The number of carbonyl (C=O) groups is 1. The van der Waals surface area contributed by atoms with Gasteiger partial charge in [0.25, 0.3) is 0 Å². The third-order valence-corrected chi connectivity index (χ3v) is 3.78. The van der Waals surface area contributed by atoms with Gasteiger partial charge in [-0.05, 0) is 56.2 Å². The monoisotopic (exact) mass is 342 g/mol. The van der Waals surface area contributed by atoms with Crippen LogP contribution in [0.3, 0.4) is 0 Å². The van der Waals surface area contributed by atoms with Gasteiger partial charge in [-0.3, -0.25) is 4.79 Å². The highest BCUT2D eigenvalue weighted by Gasteiger charge is 2.04. The maximum Gasteiger partial charge on any atom is 0.243 e. The Morgan fingerprint density at radius 2 is 1.84 bits per heavy atom. The summed E-state index contributed by atoms with van der Waals surface area (Å²) in [5.41, 5.74) is 4.07. The van der Waals surface area contributed by atoms with Crippen molar-refractivity contribution in [2.45, 2.75) is 20.8 Å². The maximum atomic E-state index is 12.1. The number of anilines is 2. The van der Waals surface area contributed by atoms with Crippen LogP contribution in [0.5, 0.6) is 5.75 Å². The molecule has 0 aromatic heterocycles. The fourth-order valence-corrected chi connectivity index (χ4v) is 2.27. The molecule has 134 valence electrons. The van der Waals surface area contributed by atoms with Gasteiger partial charge in [-0.15, -0.1) is 0 Å². The average Bonchev–Trinajstić information content (AvgIpc) is 2.60. The van der Waals surface area contributed by atoms with Crippen LogP contribution in [-0.2, 0) is 9.53 Å². The summed E-state index contributed by atoms with van der Waals surface area (Å²) in [6.45, 7) is 7.98. The molecule has 1 amide bonds. The van der Waals surface area contributed by atoms with Crippen molar-refractivity contribution in [1.29, 1.82) is 0 Å². The molecule has 5 heteroatoms. The lowest BCUT2D eigenvalue weighted by Crippen LogP contribution is -2.21. The summed E-state index contributed by atoms with van der Waals surface area (Å²) in [6, 6.07) is 13.4. The Labute approximate surface area is 149 Å². The zero-order valence-electron chi connectivity index (χ0n) is 15.1. The van der Waals surface area contributed by atoms with E-state index in [-0.39, 0.29) is 12.5 Å². The molecule has 25 heavy (non-hydrogen) atoms. The normalized spacial score (nSPS) is 10.4. The fraction of sp³-hybridized carbons (Fsp3) is 0.350. The van der Waals surface area contributed by atoms with Crippen molar-refractivity contribution >= 4 is 17.3 Å². The van der Waals surface area contributed by atoms with Crippen molar-refractivity contribution in [3.63, 3.8) is 0 Å². The summed E-state index contributed by atoms with van der Waals surface area (Å²) < 4.78 is 10.8. The topological polar surface area (TPSA) is 59.6 Å². The van der Waals surface area contributed by atoms with E-state index in [1.807, 2.05) is 43.3 Å². The second-order valence-corrected chi connectivity index (χ2v) is 5.77. The summed E-state index contributed by atoms with van der Waals surface area (Å²) in [5.74, 6) is 0.601. The fourth-order valence-electron chi connectivity index (χ4n) is 2.27. The van der Waals surface area contributed by atoms with Crippen molar-refractivity contribution in [2.24, 2.45) is 0 Å². The molecule has 2 aromatic carbocycles. The van der Waals surface area contributed by atoms with Crippen LogP contribution in [0, 0.1) is 13.8 Å². The molecule has 0 heterocycles. The van der Waals surface area contributed by atoms with Crippen LogP contribution in [0.15, 0.2) is 42.5 Å². The Morgan fingerprint density at radius 3 is 2.60 bits per heavy atom. The molecular formula is C20H26N2O3. The van der Waals surface area contributed by atoms with E-state index in [2.05, 4.69) is 24.5 Å². The zero-order chi connectivity index (χ0) is 18.1. The SMILES string of the molecule is CCOCCOc1cccc(NC(=O)CNc2ccc(C)c(C)c2)c1. The maximum absolute atomic E-state index is 12.1. The first kappa shape index (κ1) is 18.8. The van der Waals surface area contributed by atoms with E-state index in [1.165, 1.54) is 11.1 Å². The van der Waals surface area contributed by atoms with Gasteiger partial charge in [0, 0.05) is 24.0 Å². The molecule has 0 saturated carbocycles. The van der Waals surface area contributed by atoms with Gasteiger partial charge < -0.3 is 20.1 Å². The van der Waals surface area contributed by atoms with E-state index >= 15 is 0 Å². The van der Waals surface area contributed by atoms with Crippen molar-refractivity contribution in [2.75, 3.05) is 37.0 Å². The molecule has 2 aromatic rings. The Hall–Kier alpha value is -2.53. The van der Waals surface area contributed by atoms with Gasteiger partial charge in [0.2, 0.25) is 5.91 Å². The molecule has 0 aliphatic heterocycles. The van der Waals surface area contributed by atoms with Gasteiger partial charge in [-0.25, -0.2) is 0 Å².